The molecule has 1 aliphatic heterocycles. The number of carbonyl (C=O) groups is 4. The molecule has 1 aliphatic rings. The Labute approximate surface area is 161 Å². The van der Waals surface area contributed by atoms with Crippen LogP contribution >= 0.6 is 0 Å². The summed E-state index contributed by atoms with van der Waals surface area (Å²) in [4.78, 5) is 51.8. The van der Waals surface area contributed by atoms with Crippen molar-refractivity contribution in [1.29, 1.82) is 0 Å². The average molecular weight is 384 g/mol. The van der Waals surface area contributed by atoms with Crippen molar-refractivity contribution in [2.24, 2.45) is 0 Å². The highest BCUT2D eigenvalue weighted by atomic mass is 16.5. The lowest BCUT2D eigenvalue weighted by Gasteiger charge is -2.33. The number of hydrogen-bond donors (Lipinski definition) is 0. The predicted octanol–water partition coefficient (Wildman–Crippen LogP) is 2.60. The fourth-order valence-corrected chi connectivity index (χ4v) is 3.39. The number of likely N-dealkylation sites (N-methyl/N-ethyl adjacent to an activating group) is 2. The molecule has 0 unspecified atom stereocenters. The molecule has 0 radical (unpaired) electrons. The van der Waals surface area contributed by atoms with Gasteiger partial charge in [0.1, 0.15) is 23.2 Å². The fourth-order valence-electron chi connectivity index (χ4n) is 3.39. The number of amides is 4. The van der Waals surface area contributed by atoms with Gasteiger partial charge < -0.3 is 9.15 Å². The van der Waals surface area contributed by atoms with E-state index in [4.69, 9.17) is 9.15 Å². The Bertz CT molecular complexity index is 965. The molecule has 0 aliphatic carbocycles. The van der Waals surface area contributed by atoms with E-state index in [0.717, 1.165) is 9.80 Å². The number of hydrogen-bond acceptors (Lipinski definition) is 6. The first kappa shape index (κ1) is 19.3. The van der Waals surface area contributed by atoms with Crippen LogP contribution in [0, 0.1) is 6.92 Å². The second-order valence-corrected chi connectivity index (χ2v) is 6.57. The van der Waals surface area contributed by atoms with Gasteiger partial charge in [-0.25, -0.2) is 4.79 Å². The van der Waals surface area contributed by atoms with Crippen LogP contribution in [0.5, 0.6) is 5.75 Å². The number of rotatable bonds is 4. The quantitative estimate of drug-likeness (QED) is 0.594. The molecular formula is C20H20N2O6. The number of nitrogens with zero attached hydrogens (tertiary/aromatic N) is 2. The lowest BCUT2D eigenvalue weighted by atomic mass is 9.87. The fraction of sp³-hybridized carbons (Fsp3) is 0.300. The number of barbiturate groups is 1. The Morgan fingerprint density at radius 1 is 1.04 bits per heavy atom. The topological polar surface area (TPSA) is 97.1 Å². The largest absolute Gasteiger partial charge is 0.497 e. The zero-order chi connectivity index (χ0) is 20.7. The third-order valence-corrected chi connectivity index (χ3v) is 4.84. The number of furan rings is 1. The zero-order valence-electron chi connectivity index (χ0n) is 16.2. The van der Waals surface area contributed by atoms with E-state index < -0.39 is 23.8 Å². The molecule has 2 heterocycles. The Balaban J connectivity index is 2.26. The number of urea groups is 1. The zero-order valence-corrected chi connectivity index (χ0v) is 16.2. The van der Waals surface area contributed by atoms with Gasteiger partial charge in [0, 0.05) is 25.2 Å². The molecule has 1 saturated heterocycles. The summed E-state index contributed by atoms with van der Waals surface area (Å²) in [5.74, 6) is -1.92. The number of aryl methyl sites for hydroxylation is 1. The van der Waals surface area contributed by atoms with Crippen LogP contribution < -0.4 is 4.74 Å². The van der Waals surface area contributed by atoms with Crippen molar-refractivity contribution in [2.45, 2.75) is 19.8 Å². The van der Waals surface area contributed by atoms with Gasteiger partial charge in [-0.2, -0.15) is 0 Å². The second-order valence-electron chi connectivity index (χ2n) is 6.57. The van der Waals surface area contributed by atoms with Crippen LogP contribution in [0.1, 0.15) is 34.5 Å². The lowest BCUT2D eigenvalue weighted by molar-refractivity contribution is -0.143. The predicted molar refractivity (Wildman–Crippen MR) is 99.1 cm³/mol. The number of methoxy groups -OCH3 is 1. The standard InChI is InChI=1S/C20H20N2O6/c1-10(23)14-11(2)28-17(12-6-8-13(27-5)9-7-12)15(14)16-18(24)21(3)20(26)22(4)19(16)25/h6-9,16H,1-5H3. The first-order valence-electron chi connectivity index (χ1n) is 8.56. The number of ketones is 1. The van der Waals surface area contributed by atoms with Crippen molar-refractivity contribution in [1.82, 2.24) is 9.80 Å². The lowest BCUT2D eigenvalue weighted by Crippen LogP contribution is -2.55. The van der Waals surface area contributed by atoms with Crippen molar-refractivity contribution in [3.8, 4) is 17.1 Å². The van der Waals surface area contributed by atoms with E-state index in [1.165, 1.54) is 28.1 Å². The van der Waals surface area contributed by atoms with Gasteiger partial charge in [-0.15, -0.1) is 0 Å². The van der Waals surface area contributed by atoms with Crippen LogP contribution in [-0.4, -0.2) is 54.6 Å². The average Bonchev–Trinajstić information content (AvgIpc) is 3.02. The monoisotopic (exact) mass is 384 g/mol. The summed E-state index contributed by atoms with van der Waals surface area (Å²) in [6.07, 6.45) is 0. The molecule has 1 aromatic heterocycles. The molecule has 8 nitrogen and oxygen atoms in total. The summed E-state index contributed by atoms with van der Waals surface area (Å²) >= 11 is 0. The minimum Gasteiger partial charge on any atom is -0.497 e. The summed E-state index contributed by atoms with van der Waals surface area (Å²) in [5.41, 5.74) is 0.930. The Hall–Kier alpha value is -3.42. The van der Waals surface area contributed by atoms with E-state index in [2.05, 4.69) is 0 Å². The summed E-state index contributed by atoms with van der Waals surface area (Å²) in [7, 11) is 4.13. The number of ether oxygens (including phenoxy) is 1. The third kappa shape index (κ3) is 2.87. The highest BCUT2D eigenvalue weighted by molar-refractivity contribution is 6.20. The van der Waals surface area contributed by atoms with Crippen molar-refractivity contribution in [3.63, 3.8) is 0 Å². The molecule has 2 aromatic rings. The van der Waals surface area contributed by atoms with Crippen molar-refractivity contribution < 1.29 is 28.3 Å². The number of carbonyl (C=O) groups excluding carboxylic acids is 4. The minimum absolute atomic E-state index is 0.175. The van der Waals surface area contributed by atoms with Gasteiger partial charge in [0.15, 0.2) is 5.78 Å². The van der Waals surface area contributed by atoms with E-state index in [1.807, 2.05) is 0 Å². The van der Waals surface area contributed by atoms with Crippen LogP contribution in [0.15, 0.2) is 28.7 Å². The molecule has 8 heteroatoms. The summed E-state index contributed by atoms with van der Waals surface area (Å²) in [6, 6.07) is 6.11. The molecule has 0 N–H and O–H groups in total. The molecule has 0 spiro atoms. The smallest absolute Gasteiger partial charge is 0.332 e. The van der Waals surface area contributed by atoms with E-state index in [1.54, 1.807) is 31.2 Å². The highest BCUT2D eigenvalue weighted by Gasteiger charge is 2.47. The first-order chi connectivity index (χ1) is 13.2. The number of imide groups is 2. The molecule has 0 atom stereocenters. The van der Waals surface area contributed by atoms with Gasteiger partial charge in [-0.05, 0) is 38.1 Å². The van der Waals surface area contributed by atoms with Crippen molar-refractivity contribution in [3.05, 3.63) is 41.2 Å². The minimum atomic E-state index is -1.35. The molecule has 28 heavy (non-hydrogen) atoms. The molecule has 1 fully saturated rings. The van der Waals surface area contributed by atoms with E-state index in [-0.39, 0.29) is 22.7 Å². The maximum absolute atomic E-state index is 12.8. The molecule has 4 amide bonds. The number of Topliss-reactive ketones (excluding diaryl/α,β-unsaturated/α-hetero) is 1. The summed E-state index contributed by atoms with van der Waals surface area (Å²) in [5, 5.41) is 0. The molecule has 3 rings (SSSR count). The van der Waals surface area contributed by atoms with E-state index in [9.17, 15) is 19.2 Å². The van der Waals surface area contributed by atoms with Crippen LogP contribution in [0.4, 0.5) is 4.79 Å². The van der Waals surface area contributed by atoms with Gasteiger partial charge >= 0.3 is 6.03 Å². The summed E-state index contributed by atoms with van der Waals surface area (Å²) in [6.45, 7) is 2.94. The van der Waals surface area contributed by atoms with Gasteiger partial charge in [0.25, 0.3) is 0 Å². The Morgan fingerprint density at radius 2 is 1.57 bits per heavy atom. The van der Waals surface area contributed by atoms with Gasteiger partial charge in [-0.3, -0.25) is 24.2 Å². The molecule has 146 valence electrons. The molecule has 0 bridgehead atoms. The molecule has 0 saturated carbocycles. The third-order valence-electron chi connectivity index (χ3n) is 4.84. The second kappa shape index (κ2) is 6.95. The Kier molecular flexibility index (Phi) is 4.80. The Morgan fingerprint density at radius 3 is 2.04 bits per heavy atom. The normalized spacial score (nSPS) is 15.4. The number of benzene rings is 1. The van der Waals surface area contributed by atoms with Crippen molar-refractivity contribution >= 4 is 23.6 Å². The maximum atomic E-state index is 12.8. The van der Waals surface area contributed by atoms with E-state index >= 15 is 0 Å². The van der Waals surface area contributed by atoms with Crippen LogP contribution in [-0.2, 0) is 9.59 Å². The van der Waals surface area contributed by atoms with E-state index in [0.29, 0.717) is 17.1 Å². The highest BCUT2D eigenvalue weighted by Crippen LogP contribution is 2.40. The van der Waals surface area contributed by atoms with Gasteiger partial charge in [-0.1, -0.05) is 0 Å². The summed E-state index contributed by atoms with van der Waals surface area (Å²) < 4.78 is 11.0. The SMILES string of the molecule is COc1ccc(-c2oc(C)c(C(C)=O)c2C2C(=O)N(C)C(=O)N(C)C2=O)cc1. The van der Waals surface area contributed by atoms with Gasteiger partial charge in [0.05, 0.1) is 12.7 Å². The van der Waals surface area contributed by atoms with Crippen molar-refractivity contribution in [2.75, 3.05) is 21.2 Å². The van der Waals surface area contributed by atoms with Crippen LogP contribution in [0.25, 0.3) is 11.3 Å². The maximum Gasteiger partial charge on any atom is 0.332 e. The van der Waals surface area contributed by atoms with Crippen LogP contribution in [0.2, 0.25) is 0 Å². The molecule has 1 aromatic carbocycles. The molecular weight excluding hydrogens is 364 g/mol. The van der Waals surface area contributed by atoms with Gasteiger partial charge in [0.2, 0.25) is 11.8 Å². The van der Waals surface area contributed by atoms with Crippen LogP contribution in [0.3, 0.4) is 0 Å². The first-order valence-corrected chi connectivity index (χ1v) is 8.56.